The van der Waals surface area contributed by atoms with Gasteiger partial charge in [-0.2, -0.15) is 0 Å². The van der Waals surface area contributed by atoms with E-state index in [0.29, 0.717) is 18.3 Å². The third kappa shape index (κ3) is 7.42. The first-order valence-electron chi connectivity index (χ1n) is 8.62. The van der Waals surface area contributed by atoms with Crippen molar-refractivity contribution in [1.82, 2.24) is 0 Å². The van der Waals surface area contributed by atoms with Crippen molar-refractivity contribution >= 4 is 0 Å². The molecule has 2 nitrogen and oxygen atoms in total. The summed E-state index contributed by atoms with van der Waals surface area (Å²) in [5.41, 5.74) is 1.67. The van der Waals surface area contributed by atoms with Crippen LogP contribution in [0.4, 0.5) is 0 Å². The fourth-order valence-corrected chi connectivity index (χ4v) is 2.99. The van der Waals surface area contributed by atoms with E-state index in [2.05, 4.69) is 39.8 Å². The van der Waals surface area contributed by atoms with Gasteiger partial charge in [-0.15, -0.1) is 0 Å². The smallest absolute Gasteiger partial charge is 0.0827 e. The lowest BCUT2D eigenvalue weighted by Crippen LogP contribution is -2.27. The lowest BCUT2D eigenvalue weighted by atomic mass is 9.86. The molecule has 1 aliphatic rings. The van der Waals surface area contributed by atoms with Gasteiger partial charge >= 0.3 is 0 Å². The van der Waals surface area contributed by atoms with Crippen LogP contribution in [0.2, 0.25) is 0 Å². The Morgan fingerprint density at radius 2 is 1.86 bits per heavy atom. The van der Waals surface area contributed by atoms with Crippen LogP contribution in [0.25, 0.3) is 0 Å². The van der Waals surface area contributed by atoms with E-state index >= 15 is 0 Å². The van der Waals surface area contributed by atoms with Crippen molar-refractivity contribution in [1.29, 1.82) is 0 Å². The Labute approximate surface area is 136 Å². The molecular formula is C20H34O2. The van der Waals surface area contributed by atoms with Gasteiger partial charge in [0.15, 0.2) is 0 Å². The van der Waals surface area contributed by atoms with Crippen LogP contribution in [0.3, 0.4) is 0 Å². The van der Waals surface area contributed by atoms with Gasteiger partial charge < -0.3 is 10.2 Å². The van der Waals surface area contributed by atoms with Gasteiger partial charge in [-0.05, 0) is 58.3 Å². The van der Waals surface area contributed by atoms with E-state index in [1.807, 2.05) is 12.2 Å². The van der Waals surface area contributed by atoms with Gasteiger partial charge in [0, 0.05) is 6.42 Å². The summed E-state index contributed by atoms with van der Waals surface area (Å²) in [6.45, 7) is 10.5. The van der Waals surface area contributed by atoms with Crippen LogP contribution in [0.5, 0.6) is 0 Å². The SMILES string of the molecule is CC1=C[C@H](O)C[C@](C)(O)/C=C/[C@H](C(C)C)CCC(C)=CCC1. The molecule has 0 spiro atoms. The van der Waals surface area contributed by atoms with Crippen molar-refractivity contribution in [3.63, 3.8) is 0 Å². The first kappa shape index (κ1) is 19.2. The standard InChI is InChI=1S/C20H34O2/c1-15(2)18-10-9-16(3)7-6-8-17(4)13-19(21)14-20(5,22)12-11-18/h7,11-13,15,18-19,21-22H,6,8-10,14H2,1-5H3/b12-11+,16-7?,17-13?/t18-,19+,20-/m1/s1. The minimum absolute atomic E-state index is 0.348. The highest BCUT2D eigenvalue weighted by Gasteiger charge is 2.21. The monoisotopic (exact) mass is 306 g/mol. The van der Waals surface area contributed by atoms with E-state index in [1.54, 1.807) is 6.92 Å². The molecule has 0 fully saturated rings. The summed E-state index contributed by atoms with van der Waals surface area (Å²) < 4.78 is 0. The molecule has 1 rings (SSSR count). The molecular weight excluding hydrogens is 272 g/mol. The van der Waals surface area contributed by atoms with Gasteiger partial charge in [0.25, 0.3) is 0 Å². The molecule has 0 unspecified atom stereocenters. The van der Waals surface area contributed by atoms with Crippen LogP contribution in [0.15, 0.2) is 35.5 Å². The van der Waals surface area contributed by atoms with Gasteiger partial charge in [-0.1, -0.05) is 49.3 Å². The molecule has 2 heteroatoms. The first-order valence-corrected chi connectivity index (χ1v) is 8.62. The average Bonchev–Trinajstić information content (AvgIpc) is 2.36. The highest BCUT2D eigenvalue weighted by Crippen LogP contribution is 2.25. The van der Waals surface area contributed by atoms with Crippen LogP contribution in [-0.4, -0.2) is 21.9 Å². The van der Waals surface area contributed by atoms with E-state index in [0.717, 1.165) is 25.7 Å². The van der Waals surface area contributed by atoms with Crippen LogP contribution in [0, 0.1) is 11.8 Å². The molecule has 0 amide bonds. The predicted octanol–water partition coefficient (Wildman–Crippen LogP) is 4.78. The van der Waals surface area contributed by atoms with Crippen LogP contribution < -0.4 is 0 Å². The summed E-state index contributed by atoms with van der Waals surface area (Å²) in [5, 5.41) is 20.7. The second-order valence-electron chi connectivity index (χ2n) is 7.54. The number of hydrogen-bond donors (Lipinski definition) is 2. The van der Waals surface area contributed by atoms with Crippen molar-refractivity contribution in [2.24, 2.45) is 11.8 Å². The maximum Gasteiger partial charge on any atom is 0.0827 e. The molecule has 0 heterocycles. The number of rotatable bonds is 1. The summed E-state index contributed by atoms with van der Waals surface area (Å²) in [5.74, 6) is 1.02. The summed E-state index contributed by atoms with van der Waals surface area (Å²) in [6, 6.07) is 0. The van der Waals surface area contributed by atoms with Crippen molar-refractivity contribution in [2.75, 3.05) is 0 Å². The Hall–Kier alpha value is -0.860. The third-order valence-corrected chi connectivity index (χ3v) is 4.56. The number of aliphatic hydroxyl groups excluding tert-OH is 1. The zero-order valence-corrected chi connectivity index (χ0v) is 15.0. The first-order chi connectivity index (χ1) is 10.2. The number of aliphatic hydroxyl groups is 2. The van der Waals surface area contributed by atoms with E-state index < -0.39 is 11.7 Å². The van der Waals surface area contributed by atoms with Crippen LogP contribution >= 0.6 is 0 Å². The van der Waals surface area contributed by atoms with Crippen molar-refractivity contribution < 1.29 is 10.2 Å². The molecule has 0 aromatic rings. The van der Waals surface area contributed by atoms with Crippen molar-refractivity contribution in [3.8, 4) is 0 Å². The molecule has 0 saturated carbocycles. The maximum atomic E-state index is 10.5. The van der Waals surface area contributed by atoms with Gasteiger partial charge in [-0.25, -0.2) is 0 Å². The van der Waals surface area contributed by atoms with Crippen molar-refractivity contribution in [2.45, 2.75) is 78.4 Å². The molecule has 126 valence electrons. The molecule has 3 atom stereocenters. The Kier molecular flexibility index (Phi) is 7.58. The van der Waals surface area contributed by atoms with E-state index in [4.69, 9.17) is 0 Å². The molecule has 0 aliphatic heterocycles. The van der Waals surface area contributed by atoms with Gasteiger partial charge in [0.2, 0.25) is 0 Å². The zero-order valence-electron chi connectivity index (χ0n) is 15.0. The van der Waals surface area contributed by atoms with Crippen LogP contribution in [0.1, 0.15) is 66.7 Å². The normalized spacial score (nSPS) is 33.8. The fraction of sp³-hybridized carbons (Fsp3) is 0.700. The highest BCUT2D eigenvalue weighted by atomic mass is 16.3. The molecule has 22 heavy (non-hydrogen) atoms. The van der Waals surface area contributed by atoms with E-state index in [9.17, 15) is 10.2 Å². The molecule has 0 bridgehead atoms. The summed E-state index contributed by atoms with van der Waals surface area (Å²) in [4.78, 5) is 0. The Bertz CT molecular complexity index is 427. The summed E-state index contributed by atoms with van der Waals surface area (Å²) >= 11 is 0. The lowest BCUT2D eigenvalue weighted by molar-refractivity contribution is 0.0565. The predicted molar refractivity (Wildman–Crippen MR) is 94.7 cm³/mol. The second-order valence-corrected chi connectivity index (χ2v) is 7.54. The minimum Gasteiger partial charge on any atom is -0.389 e. The Balaban J connectivity index is 2.97. The average molecular weight is 306 g/mol. The quantitative estimate of drug-likeness (QED) is 0.684. The van der Waals surface area contributed by atoms with E-state index in [-0.39, 0.29) is 0 Å². The zero-order chi connectivity index (χ0) is 16.8. The van der Waals surface area contributed by atoms with Gasteiger partial charge in [0.1, 0.15) is 0 Å². The summed E-state index contributed by atoms with van der Waals surface area (Å²) in [7, 11) is 0. The fourth-order valence-electron chi connectivity index (χ4n) is 2.99. The van der Waals surface area contributed by atoms with Gasteiger partial charge in [-0.3, -0.25) is 0 Å². The number of allylic oxidation sites excluding steroid dienone is 4. The molecule has 0 aromatic carbocycles. The third-order valence-electron chi connectivity index (χ3n) is 4.56. The largest absolute Gasteiger partial charge is 0.389 e. The Morgan fingerprint density at radius 1 is 1.18 bits per heavy atom. The molecule has 2 N–H and O–H groups in total. The van der Waals surface area contributed by atoms with Crippen LogP contribution in [-0.2, 0) is 0 Å². The molecule has 1 aliphatic carbocycles. The van der Waals surface area contributed by atoms with E-state index in [1.165, 1.54) is 11.1 Å². The minimum atomic E-state index is -0.960. The molecule has 0 aromatic heterocycles. The Morgan fingerprint density at radius 3 is 2.50 bits per heavy atom. The summed E-state index contributed by atoms with van der Waals surface area (Å²) in [6.07, 6.45) is 12.2. The highest BCUT2D eigenvalue weighted by molar-refractivity contribution is 5.10. The maximum absolute atomic E-state index is 10.5. The number of hydrogen-bond acceptors (Lipinski definition) is 2. The van der Waals surface area contributed by atoms with Crippen molar-refractivity contribution in [3.05, 3.63) is 35.5 Å². The van der Waals surface area contributed by atoms with Gasteiger partial charge in [0.05, 0.1) is 11.7 Å². The molecule has 0 saturated heterocycles. The lowest BCUT2D eigenvalue weighted by Gasteiger charge is -2.24. The molecule has 0 radical (unpaired) electrons. The topological polar surface area (TPSA) is 40.5 Å². The second kappa shape index (κ2) is 8.69.